The number of nitrogens with one attached hydrogen (secondary N) is 1. The van der Waals surface area contributed by atoms with Crippen molar-refractivity contribution >= 4 is 34.7 Å². The van der Waals surface area contributed by atoms with E-state index in [1.807, 2.05) is 44.2 Å². The lowest BCUT2D eigenvalue weighted by molar-refractivity contribution is -0.130. The van der Waals surface area contributed by atoms with Gasteiger partial charge in [-0.2, -0.15) is 0 Å². The molecule has 0 unspecified atom stereocenters. The average molecular weight is 489 g/mol. The number of hydrogen-bond acceptors (Lipinski definition) is 6. The molecule has 0 spiro atoms. The van der Waals surface area contributed by atoms with Crippen molar-refractivity contribution in [2.75, 3.05) is 20.3 Å². The van der Waals surface area contributed by atoms with Crippen molar-refractivity contribution in [3.8, 4) is 17.2 Å². The fourth-order valence-corrected chi connectivity index (χ4v) is 4.01. The van der Waals surface area contributed by atoms with Gasteiger partial charge in [-0.15, -0.1) is 0 Å². The first-order valence-electron chi connectivity index (χ1n) is 11.8. The summed E-state index contributed by atoms with van der Waals surface area (Å²) in [6.45, 7) is 4.77. The lowest BCUT2D eigenvalue weighted by Crippen LogP contribution is -2.53. The van der Waals surface area contributed by atoms with E-state index in [4.69, 9.17) is 14.2 Å². The number of carbonyl (C=O) groups excluding carboxylic acids is 3. The van der Waals surface area contributed by atoms with Crippen LogP contribution in [0.3, 0.4) is 0 Å². The number of ether oxygens (including phenoxy) is 3. The molecule has 0 aromatic heterocycles. The molecule has 0 atom stereocenters. The molecule has 0 saturated carbocycles. The molecule has 4 rings (SSSR count). The van der Waals surface area contributed by atoms with Crippen molar-refractivity contribution in [1.29, 1.82) is 0 Å². The van der Waals surface area contributed by atoms with Crippen LogP contribution < -0.4 is 19.5 Å². The topological polar surface area (TPSA) is 94.2 Å². The average Bonchev–Trinajstić information content (AvgIpc) is 2.89. The van der Waals surface area contributed by atoms with E-state index in [1.165, 1.54) is 13.2 Å². The van der Waals surface area contributed by atoms with Crippen LogP contribution in [-0.4, -0.2) is 43.1 Å². The van der Waals surface area contributed by atoms with Crippen molar-refractivity contribution in [2.45, 2.75) is 26.8 Å². The maximum Gasteiger partial charge on any atom is 0.331 e. The normalized spacial score (nSPS) is 14.8. The van der Waals surface area contributed by atoms with Gasteiger partial charge in [0.1, 0.15) is 11.3 Å². The molecule has 1 aliphatic heterocycles. The zero-order chi connectivity index (χ0) is 25.7. The second-order valence-electron chi connectivity index (χ2n) is 8.17. The summed E-state index contributed by atoms with van der Waals surface area (Å²) in [4.78, 5) is 39.8. The smallest absolute Gasteiger partial charge is 0.331 e. The van der Waals surface area contributed by atoms with Gasteiger partial charge in [0.05, 0.1) is 26.9 Å². The highest BCUT2D eigenvalue weighted by Crippen LogP contribution is 2.32. The number of fused-ring (bicyclic) bond motifs is 1. The Balaban J connectivity index is 1.69. The van der Waals surface area contributed by atoms with Gasteiger partial charge in [0, 0.05) is 5.56 Å². The van der Waals surface area contributed by atoms with Gasteiger partial charge in [0.2, 0.25) is 0 Å². The number of imide groups is 2. The van der Waals surface area contributed by atoms with E-state index in [1.54, 1.807) is 24.3 Å². The fourth-order valence-electron chi connectivity index (χ4n) is 4.01. The highest BCUT2D eigenvalue weighted by molar-refractivity contribution is 6.31. The maximum atomic E-state index is 13.4. The van der Waals surface area contributed by atoms with Crippen LogP contribution in [0.25, 0.3) is 16.8 Å². The summed E-state index contributed by atoms with van der Waals surface area (Å²) in [5, 5.41) is 4.04. The molecule has 186 valence electrons. The Kier molecular flexibility index (Phi) is 7.53. The summed E-state index contributed by atoms with van der Waals surface area (Å²) in [7, 11) is 1.52. The molecule has 0 aliphatic carbocycles. The highest BCUT2D eigenvalue weighted by Gasteiger charge is 2.36. The number of amides is 4. The Morgan fingerprint density at radius 2 is 1.69 bits per heavy atom. The van der Waals surface area contributed by atoms with Gasteiger partial charge < -0.3 is 14.2 Å². The molecule has 0 bridgehead atoms. The van der Waals surface area contributed by atoms with Crippen LogP contribution in [0.1, 0.15) is 31.4 Å². The van der Waals surface area contributed by atoms with E-state index >= 15 is 0 Å². The monoisotopic (exact) mass is 488 g/mol. The fraction of sp³-hybridized carbons (Fsp3) is 0.250. The van der Waals surface area contributed by atoms with Gasteiger partial charge in [-0.3, -0.25) is 19.8 Å². The zero-order valence-electron chi connectivity index (χ0n) is 20.5. The molecular formula is C28H28N2O6. The minimum Gasteiger partial charge on any atom is -0.493 e. The van der Waals surface area contributed by atoms with Gasteiger partial charge in [-0.25, -0.2) is 4.79 Å². The predicted octanol–water partition coefficient (Wildman–Crippen LogP) is 4.70. The summed E-state index contributed by atoms with van der Waals surface area (Å²) >= 11 is 0. The number of hydrogen-bond donors (Lipinski definition) is 1. The molecule has 1 heterocycles. The summed E-state index contributed by atoms with van der Waals surface area (Å²) < 4.78 is 16.9. The van der Waals surface area contributed by atoms with Crippen molar-refractivity contribution < 1.29 is 28.6 Å². The molecule has 8 nitrogen and oxygen atoms in total. The largest absolute Gasteiger partial charge is 0.493 e. The molecular weight excluding hydrogens is 460 g/mol. The second-order valence-corrected chi connectivity index (χ2v) is 8.17. The Morgan fingerprint density at radius 1 is 0.917 bits per heavy atom. The Labute approximate surface area is 209 Å². The van der Waals surface area contributed by atoms with Crippen molar-refractivity contribution in [1.82, 2.24) is 10.2 Å². The number of carbonyl (C=O) groups is 3. The third-order valence-electron chi connectivity index (χ3n) is 5.74. The van der Waals surface area contributed by atoms with Gasteiger partial charge in [0.15, 0.2) is 11.5 Å². The van der Waals surface area contributed by atoms with Gasteiger partial charge in [0.25, 0.3) is 11.8 Å². The van der Waals surface area contributed by atoms with Crippen LogP contribution in [0, 0.1) is 0 Å². The Hall–Kier alpha value is -4.33. The van der Waals surface area contributed by atoms with Crippen LogP contribution in [0.15, 0.2) is 60.2 Å². The molecule has 3 aromatic carbocycles. The number of benzene rings is 3. The molecule has 1 saturated heterocycles. The van der Waals surface area contributed by atoms with E-state index < -0.39 is 17.8 Å². The first kappa shape index (κ1) is 24.8. The van der Waals surface area contributed by atoms with Gasteiger partial charge in [-0.1, -0.05) is 43.3 Å². The number of urea groups is 1. The lowest BCUT2D eigenvalue weighted by atomic mass is 9.99. The lowest BCUT2D eigenvalue weighted by Gasteiger charge is -2.27. The Bertz CT molecular complexity index is 1350. The van der Waals surface area contributed by atoms with Crippen LogP contribution in [0.4, 0.5) is 4.79 Å². The molecule has 1 fully saturated rings. The molecule has 8 heteroatoms. The van der Waals surface area contributed by atoms with Crippen LogP contribution >= 0.6 is 0 Å². The molecule has 1 aliphatic rings. The van der Waals surface area contributed by atoms with Gasteiger partial charge in [-0.05, 0) is 54.0 Å². The van der Waals surface area contributed by atoms with Crippen molar-refractivity contribution in [3.63, 3.8) is 0 Å². The number of nitrogens with zero attached hydrogens (tertiary/aromatic N) is 1. The Morgan fingerprint density at radius 3 is 2.44 bits per heavy atom. The minimum absolute atomic E-state index is 0.0481. The second kappa shape index (κ2) is 10.9. The molecule has 3 aromatic rings. The van der Waals surface area contributed by atoms with E-state index in [9.17, 15) is 14.4 Å². The van der Waals surface area contributed by atoms with Crippen molar-refractivity contribution in [3.05, 3.63) is 71.3 Å². The van der Waals surface area contributed by atoms with E-state index in [0.717, 1.165) is 22.1 Å². The van der Waals surface area contributed by atoms with Crippen LogP contribution in [0.5, 0.6) is 17.2 Å². The first-order chi connectivity index (χ1) is 17.5. The molecule has 4 amide bonds. The number of rotatable bonds is 9. The summed E-state index contributed by atoms with van der Waals surface area (Å²) in [6.07, 6.45) is 2.34. The SMILES string of the molecule is CCCOc1ccc(CN2C(=O)NC(=O)/C(=C\c3c(OCC)ccc4ccccc34)C2=O)cc1OC. The van der Waals surface area contributed by atoms with Crippen LogP contribution in [0.2, 0.25) is 0 Å². The maximum absolute atomic E-state index is 13.4. The number of barbiturate groups is 1. The molecule has 0 radical (unpaired) electrons. The minimum atomic E-state index is -0.782. The van der Waals surface area contributed by atoms with Gasteiger partial charge >= 0.3 is 6.03 Å². The standard InChI is InChI=1S/C28H28N2O6/c1-4-14-36-24-12-10-18(15-25(24)34-3)17-30-27(32)22(26(31)29-28(30)33)16-21-20-9-7-6-8-19(20)11-13-23(21)35-5-2/h6-13,15-16H,4-5,14,17H2,1-3H3,(H,29,31,33)/b22-16+. The third-order valence-corrected chi connectivity index (χ3v) is 5.74. The predicted molar refractivity (Wildman–Crippen MR) is 136 cm³/mol. The van der Waals surface area contributed by atoms with E-state index in [0.29, 0.717) is 41.6 Å². The summed E-state index contributed by atoms with van der Waals surface area (Å²) in [5.74, 6) is 0.171. The first-order valence-corrected chi connectivity index (χ1v) is 11.8. The number of methoxy groups -OCH3 is 1. The molecule has 1 N–H and O–H groups in total. The third kappa shape index (κ3) is 5.02. The quantitative estimate of drug-likeness (QED) is 0.347. The van der Waals surface area contributed by atoms with Crippen LogP contribution in [-0.2, 0) is 16.1 Å². The zero-order valence-corrected chi connectivity index (χ0v) is 20.5. The summed E-state index contributed by atoms with van der Waals surface area (Å²) in [5.41, 5.74) is 1.09. The van der Waals surface area contributed by atoms with Crippen molar-refractivity contribution in [2.24, 2.45) is 0 Å². The summed E-state index contributed by atoms with van der Waals surface area (Å²) in [6, 6.07) is 15.8. The van der Waals surface area contributed by atoms with E-state index in [-0.39, 0.29) is 12.1 Å². The van der Waals surface area contributed by atoms with E-state index in [2.05, 4.69) is 5.32 Å². The molecule has 36 heavy (non-hydrogen) atoms. The highest BCUT2D eigenvalue weighted by atomic mass is 16.5.